The lowest BCUT2D eigenvalue weighted by atomic mass is 10.2. The Morgan fingerprint density at radius 3 is 2.78 bits per heavy atom. The van der Waals surface area contributed by atoms with Crippen molar-refractivity contribution in [3.63, 3.8) is 0 Å². The van der Waals surface area contributed by atoms with Crippen molar-refractivity contribution in [2.45, 2.75) is 0 Å². The van der Waals surface area contributed by atoms with Gasteiger partial charge in [0.1, 0.15) is 6.07 Å². The topological polar surface area (TPSA) is 61.1 Å². The molecule has 3 aromatic rings. The highest BCUT2D eigenvalue weighted by molar-refractivity contribution is 9.10. The van der Waals surface area contributed by atoms with Crippen molar-refractivity contribution in [1.29, 1.82) is 5.26 Å². The van der Waals surface area contributed by atoms with Crippen molar-refractivity contribution < 1.29 is 0 Å². The number of nitrogens with one attached hydrogen (secondary N) is 1. The monoisotopic (exact) mass is 382 g/mol. The minimum atomic E-state index is 0.600. The van der Waals surface area contributed by atoms with Gasteiger partial charge in [-0.2, -0.15) is 10.4 Å². The summed E-state index contributed by atoms with van der Waals surface area (Å²) in [5.74, 6) is 0. The summed E-state index contributed by atoms with van der Waals surface area (Å²) in [4.78, 5) is 4.50. The fourth-order valence-corrected chi connectivity index (χ4v) is 3.08. The molecule has 0 radical (unpaired) electrons. The fourth-order valence-electron chi connectivity index (χ4n) is 1.93. The van der Waals surface area contributed by atoms with Crippen molar-refractivity contribution in [2.24, 2.45) is 5.10 Å². The van der Waals surface area contributed by atoms with Crippen LogP contribution in [0, 0.1) is 11.3 Å². The number of hydrogen-bond acceptors (Lipinski definition) is 5. The van der Waals surface area contributed by atoms with Gasteiger partial charge in [0.25, 0.3) is 0 Å². The highest BCUT2D eigenvalue weighted by Gasteiger charge is 2.03. The second-order valence-electron chi connectivity index (χ2n) is 4.63. The molecule has 0 bridgehead atoms. The lowest BCUT2D eigenvalue weighted by Gasteiger charge is -1.98. The van der Waals surface area contributed by atoms with Gasteiger partial charge in [-0.15, -0.1) is 11.3 Å². The summed E-state index contributed by atoms with van der Waals surface area (Å²) in [5, 5.41) is 15.8. The number of nitrogens with zero attached hydrogens (tertiary/aromatic N) is 3. The smallest absolute Gasteiger partial charge is 0.203 e. The van der Waals surface area contributed by atoms with E-state index in [1.165, 1.54) is 11.3 Å². The second kappa shape index (κ2) is 7.18. The number of rotatable bonds is 4. The molecule has 1 N–H and O–H groups in total. The molecule has 3 rings (SSSR count). The van der Waals surface area contributed by atoms with E-state index in [1.807, 2.05) is 47.8 Å². The Labute approximate surface area is 146 Å². The van der Waals surface area contributed by atoms with Crippen molar-refractivity contribution in [3.8, 4) is 17.3 Å². The van der Waals surface area contributed by atoms with Crippen LogP contribution in [0.2, 0.25) is 0 Å². The summed E-state index contributed by atoms with van der Waals surface area (Å²) in [6, 6.07) is 17.6. The molecule has 0 amide bonds. The third-order valence-electron chi connectivity index (χ3n) is 3.06. The fraction of sp³-hybridized carbons (Fsp3) is 0. The van der Waals surface area contributed by atoms with E-state index in [0.717, 1.165) is 26.4 Å². The van der Waals surface area contributed by atoms with Crippen LogP contribution in [-0.2, 0) is 0 Å². The summed E-state index contributed by atoms with van der Waals surface area (Å²) >= 11 is 4.86. The number of hydrazone groups is 1. The van der Waals surface area contributed by atoms with E-state index < -0.39 is 0 Å². The first-order valence-corrected chi connectivity index (χ1v) is 8.43. The minimum Gasteiger partial charge on any atom is -0.253 e. The lowest BCUT2D eigenvalue weighted by molar-refractivity contribution is 1.29. The summed E-state index contributed by atoms with van der Waals surface area (Å²) in [6.07, 6.45) is 1.69. The van der Waals surface area contributed by atoms with Crippen molar-refractivity contribution >= 4 is 38.6 Å². The number of halogens is 1. The van der Waals surface area contributed by atoms with E-state index in [0.29, 0.717) is 5.56 Å². The van der Waals surface area contributed by atoms with E-state index >= 15 is 0 Å². The molecule has 4 nitrogen and oxygen atoms in total. The van der Waals surface area contributed by atoms with E-state index in [1.54, 1.807) is 12.3 Å². The molecule has 112 valence electrons. The molecule has 0 fully saturated rings. The van der Waals surface area contributed by atoms with E-state index in [-0.39, 0.29) is 0 Å². The van der Waals surface area contributed by atoms with Crippen LogP contribution in [0.15, 0.2) is 63.5 Å². The van der Waals surface area contributed by atoms with Gasteiger partial charge < -0.3 is 0 Å². The Hall–Kier alpha value is -2.49. The lowest BCUT2D eigenvalue weighted by Crippen LogP contribution is -1.91. The molecule has 0 aliphatic rings. The molecule has 1 heterocycles. The van der Waals surface area contributed by atoms with Gasteiger partial charge in [-0.1, -0.05) is 36.4 Å². The second-order valence-corrected chi connectivity index (χ2v) is 6.34. The number of hydrogen-bond donors (Lipinski definition) is 1. The molecule has 0 aliphatic carbocycles. The molecule has 0 spiro atoms. The highest BCUT2D eigenvalue weighted by atomic mass is 79.9. The number of thiazole rings is 1. The first-order chi connectivity index (χ1) is 11.3. The number of aromatic nitrogens is 1. The molecular weight excluding hydrogens is 372 g/mol. The summed E-state index contributed by atoms with van der Waals surface area (Å²) in [7, 11) is 0. The largest absolute Gasteiger partial charge is 0.253 e. The minimum absolute atomic E-state index is 0.600. The maximum Gasteiger partial charge on any atom is 0.203 e. The Morgan fingerprint density at radius 1 is 1.22 bits per heavy atom. The van der Waals surface area contributed by atoms with Gasteiger partial charge in [-0.05, 0) is 33.6 Å². The van der Waals surface area contributed by atoms with Gasteiger partial charge in [0.15, 0.2) is 0 Å². The van der Waals surface area contributed by atoms with Crippen LogP contribution < -0.4 is 5.43 Å². The Balaban J connectivity index is 1.68. The zero-order valence-corrected chi connectivity index (χ0v) is 14.3. The first-order valence-electron chi connectivity index (χ1n) is 6.76. The average Bonchev–Trinajstić information content (AvgIpc) is 3.05. The van der Waals surface area contributed by atoms with Crippen molar-refractivity contribution in [3.05, 3.63) is 69.5 Å². The SMILES string of the molecule is N#Cc1ccc(C=NNc2nc(-c3ccccc3)cs2)cc1Br. The molecule has 6 heteroatoms. The quantitative estimate of drug-likeness (QED) is 0.515. The zero-order chi connectivity index (χ0) is 16.1. The zero-order valence-electron chi connectivity index (χ0n) is 11.9. The molecule has 1 aromatic heterocycles. The third kappa shape index (κ3) is 3.83. The summed E-state index contributed by atoms with van der Waals surface area (Å²) in [5.41, 5.74) is 6.43. The third-order valence-corrected chi connectivity index (χ3v) is 4.46. The predicted octanol–water partition coefficient (Wildman–Crippen LogP) is 4.89. The molecule has 23 heavy (non-hydrogen) atoms. The maximum absolute atomic E-state index is 8.90. The van der Waals surface area contributed by atoms with Crippen LogP contribution in [0.25, 0.3) is 11.3 Å². The Bertz CT molecular complexity index is 881. The van der Waals surface area contributed by atoms with Gasteiger partial charge in [-0.25, -0.2) is 4.98 Å². The first kappa shape index (κ1) is 15.4. The number of anilines is 1. The van der Waals surface area contributed by atoms with Crippen LogP contribution in [0.3, 0.4) is 0 Å². The number of nitriles is 1. The predicted molar refractivity (Wildman–Crippen MR) is 97.6 cm³/mol. The van der Waals surface area contributed by atoms with Gasteiger partial charge in [0, 0.05) is 15.4 Å². The van der Waals surface area contributed by atoms with Crippen molar-refractivity contribution in [2.75, 3.05) is 5.43 Å². The van der Waals surface area contributed by atoms with Crippen LogP contribution in [0.1, 0.15) is 11.1 Å². The van der Waals surface area contributed by atoms with E-state index in [4.69, 9.17) is 5.26 Å². The normalized spacial score (nSPS) is 10.6. The molecule has 2 aromatic carbocycles. The van der Waals surface area contributed by atoms with Gasteiger partial charge in [0.2, 0.25) is 5.13 Å². The maximum atomic E-state index is 8.90. The molecule has 0 aliphatic heterocycles. The average molecular weight is 383 g/mol. The number of benzene rings is 2. The Morgan fingerprint density at radius 2 is 2.04 bits per heavy atom. The van der Waals surface area contributed by atoms with Crippen LogP contribution in [0.4, 0.5) is 5.13 Å². The molecule has 0 atom stereocenters. The summed E-state index contributed by atoms with van der Waals surface area (Å²) in [6.45, 7) is 0. The highest BCUT2D eigenvalue weighted by Crippen LogP contribution is 2.24. The van der Waals surface area contributed by atoms with Gasteiger partial charge >= 0.3 is 0 Å². The van der Waals surface area contributed by atoms with Gasteiger partial charge in [0.05, 0.1) is 17.5 Å². The van der Waals surface area contributed by atoms with Crippen molar-refractivity contribution in [1.82, 2.24) is 4.98 Å². The van der Waals surface area contributed by atoms with Crippen LogP contribution in [0.5, 0.6) is 0 Å². The van der Waals surface area contributed by atoms with Crippen LogP contribution in [-0.4, -0.2) is 11.2 Å². The standard InChI is InChI=1S/C17H11BrN4S/c18-15-8-12(6-7-14(15)9-19)10-20-22-17-21-16(11-23-17)13-4-2-1-3-5-13/h1-8,10-11H,(H,21,22). The van der Waals surface area contributed by atoms with E-state index in [2.05, 4.69) is 37.5 Å². The molecule has 0 saturated carbocycles. The molecule has 0 saturated heterocycles. The van der Waals surface area contributed by atoms with E-state index in [9.17, 15) is 0 Å². The molecular formula is C17H11BrN4S. The van der Waals surface area contributed by atoms with Crippen LogP contribution >= 0.6 is 27.3 Å². The Kier molecular flexibility index (Phi) is 4.81. The summed E-state index contributed by atoms with van der Waals surface area (Å²) < 4.78 is 0.754. The van der Waals surface area contributed by atoms with Gasteiger partial charge in [-0.3, -0.25) is 5.43 Å². The molecule has 0 unspecified atom stereocenters.